The molecule has 0 bridgehead atoms. The fourth-order valence-corrected chi connectivity index (χ4v) is 1.34. The van der Waals surface area contributed by atoms with Crippen LogP contribution in [-0.4, -0.2) is 35.5 Å². The quantitative estimate of drug-likeness (QED) is 0.540. The first-order valence-electron chi connectivity index (χ1n) is 4.89. The predicted octanol–water partition coefficient (Wildman–Crippen LogP) is 1.33. The van der Waals surface area contributed by atoms with Gasteiger partial charge in [0.15, 0.2) is 0 Å². The van der Waals surface area contributed by atoms with Crippen LogP contribution in [-0.2, 0) is 0 Å². The summed E-state index contributed by atoms with van der Waals surface area (Å²) in [6.07, 6.45) is -0.748. The smallest absolute Gasteiger partial charge is 0.404 e. The fraction of sp³-hybridized carbons (Fsp3) is 0.778. The van der Waals surface area contributed by atoms with Crippen molar-refractivity contribution in [2.45, 2.75) is 26.7 Å². The maximum absolute atomic E-state index is 10.4. The Morgan fingerprint density at radius 3 is 1.53 bits per heavy atom. The van der Waals surface area contributed by atoms with Crippen LogP contribution in [0.5, 0.6) is 0 Å². The molecular weight excluding hydrogens is 200 g/mol. The van der Waals surface area contributed by atoms with Crippen molar-refractivity contribution < 1.29 is 19.8 Å². The van der Waals surface area contributed by atoms with Gasteiger partial charge in [-0.3, -0.25) is 0 Å². The van der Waals surface area contributed by atoms with Crippen LogP contribution in [0.15, 0.2) is 0 Å². The second-order valence-corrected chi connectivity index (χ2v) is 3.52. The Bertz CT molecular complexity index is 206. The van der Waals surface area contributed by atoms with Crippen molar-refractivity contribution in [1.82, 2.24) is 10.6 Å². The Hall–Kier alpha value is -1.46. The molecule has 0 saturated carbocycles. The molecule has 0 radical (unpaired) electrons. The van der Waals surface area contributed by atoms with Gasteiger partial charge >= 0.3 is 12.2 Å². The number of hydrogen-bond donors (Lipinski definition) is 4. The Balaban J connectivity index is 4.29. The number of nitrogens with one attached hydrogen (secondary N) is 2. The summed E-state index contributed by atoms with van der Waals surface area (Å²) in [5.74, 6) is 0. The highest BCUT2D eigenvalue weighted by Crippen LogP contribution is 2.24. The highest BCUT2D eigenvalue weighted by molar-refractivity contribution is 5.65. The molecule has 0 aromatic rings. The van der Waals surface area contributed by atoms with E-state index in [2.05, 4.69) is 10.6 Å². The largest absolute Gasteiger partial charge is 0.465 e. The zero-order chi connectivity index (χ0) is 11.9. The summed E-state index contributed by atoms with van der Waals surface area (Å²) >= 11 is 0. The molecular formula is C9H18N2O4. The highest BCUT2D eigenvalue weighted by Gasteiger charge is 2.27. The summed E-state index contributed by atoms with van der Waals surface area (Å²) in [5, 5.41) is 21.6. The summed E-state index contributed by atoms with van der Waals surface area (Å²) in [5.41, 5.74) is -0.337. The molecule has 0 aliphatic carbocycles. The topological polar surface area (TPSA) is 98.7 Å². The molecule has 15 heavy (non-hydrogen) atoms. The van der Waals surface area contributed by atoms with Gasteiger partial charge in [0.1, 0.15) is 0 Å². The monoisotopic (exact) mass is 218 g/mol. The molecule has 0 spiro atoms. The van der Waals surface area contributed by atoms with Gasteiger partial charge in [-0.15, -0.1) is 0 Å². The number of hydrogen-bond acceptors (Lipinski definition) is 2. The zero-order valence-electron chi connectivity index (χ0n) is 9.04. The van der Waals surface area contributed by atoms with Crippen molar-refractivity contribution in [1.29, 1.82) is 0 Å². The summed E-state index contributed by atoms with van der Waals surface area (Å²) in [7, 11) is 0. The van der Waals surface area contributed by atoms with Gasteiger partial charge in [0.25, 0.3) is 0 Å². The van der Waals surface area contributed by atoms with E-state index >= 15 is 0 Å². The van der Waals surface area contributed by atoms with Crippen LogP contribution in [0.2, 0.25) is 0 Å². The van der Waals surface area contributed by atoms with E-state index < -0.39 is 12.2 Å². The summed E-state index contributed by atoms with van der Waals surface area (Å²) in [6, 6.07) is 0. The Labute approximate surface area is 88.7 Å². The third-order valence-electron chi connectivity index (χ3n) is 2.73. The summed E-state index contributed by atoms with van der Waals surface area (Å²) < 4.78 is 0. The summed E-state index contributed by atoms with van der Waals surface area (Å²) in [4.78, 5) is 20.7. The molecule has 4 N–H and O–H groups in total. The van der Waals surface area contributed by atoms with Crippen LogP contribution in [0.3, 0.4) is 0 Å². The molecule has 6 heteroatoms. The van der Waals surface area contributed by atoms with Crippen molar-refractivity contribution in [2.24, 2.45) is 5.41 Å². The van der Waals surface area contributed by atoms with Crippen molar-refractivity contribution in [2.75, 3.05) is 13.1 Å². The van der Waals surface area contributed by atoms with Gasteiger partial charge < -0.3 is 20.8 Å². The van der Waals surface area contributed by atoms with Crippen LogP contribution >= 0.6 is 0 Å². The third kappa shape index (κ3) is 5.09. The molecule has 6 nitrogen and oxygen atoms in total. The molecule has 88 valence electrons. The van der Waals surface area contributed by atoms with Gasteiger partial charge in [0.2, 0.25) is 0 Å². The first kappa shape index (κ1) is 13.5. The Kier molecular flexibility index (Phi) is 5.51. The normalized spacial score (nSPS) is 10.8. The van der Waals surface area contributed by atoms with E-state index in [9.17, 15) is 9.59 Å². The molecule has 0 atom stereocenters. The molecule has 0 unspecified atom stereocenters. The number of rotatable bonds is 6. The van der Waals surface area contributed by atoms with Gasteiger partial charge in [-0.2, -0.15) is 0 Å². The van der Waals surface area contributed by atoms with Gasteiger partial charge in [0, 0.05) is 18.5 Å². The molecule has 0 aromatic heterocycles. The summed E-state index contributed by atoms with van der Waals surface area (Å²) in [6.45, 7) is 4.35. The van der Waals surface area contributed by atoms with Crippen LogP contribution in [0, 0.1) is 5.41 Å². The lowest BCUT2D eigenvalue weighted by Gasteiger charge is -2.31. The first-order chi connectivity index (χ1) is 6.95. The van der Waals surface area contributed by atoms with Gasteiger partial charge in [-0.1, -0.05) is 13.8 Å². The van der Waals surface area contributed by atoms with E-state index in [-0.39, 0.29) is 18.5 Å². The van der Waals surface area contributed by atoms with Crippen molar-refractivity contribution >= 4 is 12.2 Å². The van der Waals surface area contributed by atoms with E-state index in [1.165, 1.54) is 0 Å². The van der Waals surface area contributed by atoms with Crippen molar-refractivity contribution in [3.8, 4) is 0 Å². The average molecular weight is 218 g/mol. The number of carboxylic acid groups (broad SMARTS) is 2. The fourth-order valence-electron chi connectivity index (χ4n) is 1.34. The van der Waals surface area contributed by atoms with E-state index in [4.69, 9.17) is 10.2 Å². The second kappa shape index (κ2) is 6.10. The predicted molar refractivity (Wildman–Crippen MR) is 55.1 cm³/mol. The molecule has 0 saturated heterocycles. The van der Waals surface area contributed by atoms with Crippen LogP contribution in [0.25, 0.3) is 0 Å². The lowest BCUT2D eigenvalue weighted by atomic mass is 9.82. The molecule has 2 amide bonds. The van der Waals surface area contributed by atoms with Gasteiger partial charge in [0.05, 0.1) is 0 Å². The molecule has 0 aliphatic heterocycles. The van der Waals surface area contributed by atoms with Crippen LogP contribution in [0.1, 0.15) is 26.7 Å². The number of carbonyl (C=O) groups is 2. The van der Waals surface area contributed by atoms with Gasteiger partial charge in [-0.05, 0) is 12.8 Å². The maximum Gasteiger partial charge on any atom is 0.404 e. The molecule has 0 heterocycles. The average Bonchev–Trinajstić information content (AvgIpc) is 2.19. The molecule has 0 aliphatic rings. The lowest BCUT2D eigenvalue weighted by Crippen LogP contribution is -2.44. The molecule has 0 fully saturated rings. The van der Waals surface area contributed by atoms with Crippen LogP contribution in [0.4, 0.5) is 9.59 Å². The number of amides is 2. The van der Waals surface area contributed by atoms with E-state index in [0.717, 1.165) is 0 Å². The SMILES string of the molecule is CCC(CC)(CNC(=O)O)CNC(=O)O. The van der Waals surface area contributed by atoms with Crippen LogP contribution < -0.4 is 10.6 Å². The minimum atomic E-state index is -1.09. The minimum Gasteiger partial charge on any atom is -0.465 e. The Morgan fingerprint density at radius 2 is 1.33 bits per heavy atom. The van der Waals surface area contributed by atoms with E-state index in [1.807, 2.05) is 13.8 Å². The molecule has 0 aromatic carbocycles. The third-order valence-corrected chi connectivity index (χ3v) is 2.73. The zero-order valence-corrected chi connectivity index (χ0v) is 9.04. The van der Waals surface area contributed by atoms with E-state index in [0.29, 0.717) is 12.8 Å². The van der Waals surface area contributed by atoms with Gasteiger partial charge in [-0.25, -0.2) is 9.59 Å². The standard InChI is InChI=1S/C9H18N2O4/c1-3-9(4-2,5-10-7(12)13)6-11-8(14)15/h10-11H,3-6H2,1-2H3,(H,12,13)(H,14,15). The lowest BCUT2D eigenvalue weighted by molar-refractivity contribution is 0.169. The van der Waals surface area contributed by atoms with E-state index in [1.54, 1.807) is 0 Å². The first-order valence-corrected chi connectivity index (χ1v) is 4.89. The minimum absolute atomic E-state index is 0.260. The molecule has 0 rings (SSSR count). The maximum atomic E-state index is 10.4. The second-order valence-electron chi connectivity index (χ2n) is 3.52. The Morgan fingerprint density at radius 1 is 1.00 bits per heavy atom. The highest BCUT2D eigenvalue weighted by atomic mass is 16.4. The van der Waals surface area contributed by atoms with Crippen molar-refractivity contribution in [3.63, 3.8) is 0 Å². The van der Waals surface area contributed by atoms with Crippen molar-refractivity contribution in [3.05, 3.63) is 0 Å².